The fourth-order valence-corrected chi connectivity index (χ4v) is 3.11. The van der Waals surface area contributed by atoms with E-state index in [4.69, 9.17) is 4.99 Å². The summed E-state index contributed by atoms with van der Waals surface area (Å²) in [5.41, 5.74) is 1.35. The molecule has 1 unspecified atom stereocenters. The highest BCUT2D eigenvalue weighted by Gasteiger charge is 2.26. The Bertz CT molecular complexity index is 457. The first kappa shape index (κ1) is 16.2. The van der Waals surface area contributed by atoms with Gasteiger partial charge in [-0.25, -0.2) is 0 Å². The standard InChI is InChI=1S/C15H27N5S/c1-4-16-15(17-7-5-9-21-3)20-8-6-13(12-20)14-10-18-19(2)11-14/h10-11,13H,4-9,12H2,1-3H3,(H,16,17). The van der Waals surface area contributed by atoms with Crippen LogP contribution in [0.2, 0.25) is 0 Å². The van der Waals surface area contributed by atoms with Gasteiger partial charge in [-0.05, 0) is 37.3 Å². The van der Waals surface area contributed by atoms with Gasteiger partial charge in [0.1, 0.15) is 0 Å². The first-order chi connectivity index (χ1) is 10.2. The average molecular weight is 309 g/mol. The van der Waals surface area contributed by atoms with Gasteiger partial charge in [0.2, 0.25) is 0 Å². The molecule has 2 rings (SSSR count). The number of hydrogen-bond acceptors (Lipinski definition) is 3. The Balaban J connectivity index is 1.92. The van der Waals surface area contributed by atoms with Gasteiger partial charge < -0.3 is 10.2 Å². The Morgan fingerprint density at radius 2 is 2.43 bits per heavy atom. The minimum absolute atomic E-state index is 0.578. The summed E-state index contributed by atoms with van der Waals surface area (Å²) in [6, 6.07) is 0. The number of aliphatic imine (C=N–C) groups is 1. The molecule has 1 saturated heterocycles. The molecule has 1 aromatic heterocycles. The summed E-state index contributed by atoms with van der Waals surface area (Å²) in [5, 5.41) is 7.71. The molecule has 21 heavy (non-hydrogen) atoms. The van der Waals surface area contributed by atoms with Crippen LogP contribution in [0.3, 0.4) is 0 Å². The highest BCUT2D eigenvalue weighted by molar-refractivity contribution is 7.98. The van der Waals surface area contributed by atoms with E-state index in [9.17, 15) is 0 Å². The van der Waals surface area contributed by atoms with Crippen LogP contribution in [-0.2, 0) is 7.05 Å². The zero-order chi connectivity index (χ0) is 15.1. The van der Waals surface area contributed by atoms with E-state index in [-0.39, 0.29) is 0 Å². The van der Waals surface area contributed by atoms with Gasteiger partial charge in [-0.15, -0.1) is 0 Å². The van der Waals surface area contributed by atoms with E-state index >= 15 is 0 Å². The number of likely N-dealkylation sites (tertiary alicyclic amines) is 1. The lowest BCUT2D eigenvalue weighted by molar-refractivity contribution is 0.486. The van der Waals surface area contributed by atoms with E-state index in [2.05, 4.69) is 34.7 Å². The third-order valence-corrected chi connectivity index (χ3v) is 4.48. The number of hydrogen-bond donors (Lipinski definition) is 1. The Morgan fingerprint density at radius 3 is 3.10 bits per heavy atom. The molecule has 1 aliphatic heterocycles. The van der Waals surface area contributed by atoms with E-state index in [0.717, 1.165) is 38.6 Å². The summed E-state index contributed by atoms with van der Waals surface area (Å²) in [4.78, 5) is 7.15. The molecule has 1 aliphatic rings. The van der Waals surface area contributed by atoms with Crippen LogP contribution in [0, 0.1) is 0 Å². The molecular weight excluding hydrogens is 282 g/mol. The lowest BCUT2D eigenvalue weighted by atomic mass is 10.0. The van der Waals surface area contributed by atoms with Crippen LogP contribution in [0.25, 0.3) is 0 Å². The molecule has 0 saturated carbocycles. The molecule has 0 aromatic carbocycles. The highest BCUT2D eigenvalue weighted by Crippen LogP contribution is 2.26. The van der Waals surface area contributed by atoms with Gasteiger partial charge in [0, 0.05) is 45.3 Å². The number of nitrogens with zero attached hydrogens (tertiary/aromatic N) is 4. The molecule has 0 bridgehead atoms. The van der Waals surface area contributed by atoms with Gasteiger partial charge in [0.05, 0.1) is 6.20 Å². The maximum absolute atomic E-state index is 4.76. The number of nitrogens with one attached hydrogen (secondary N) is 1. The average Bonchev–Trinajstić information content (AvgIpc) is 3.11. The largest absolute Gasteiger partial charge is 0.357 e. The SMILES string of the molecule is CCNC(=NCCCSC)N1CCC(c2cnn(C)c2)C1. The molecule has 118 valence electrons. The lowest BCUT2D eigenvalue weighted by Gasteiger charge is -2.21. The third-order valence-electron chi connectivity index (χ3n) is 3.79. The molecule has 0 radical (unpaired) electrons. The van der Waals surface area contributed by atoms with E-state index in [1.807, 2.05) is 29.7 Å². The first-order valence-corrected chi connectivity index (χ1v) is 9.14. The Labute approximate surface area is 132 Å². The maximum Gasteiger partial charge on any atom is 0.193 e. The quantitative estimate of drug-likeness (QED) is 0.495. The molecule has 2 heterocycles. The van der Waals surface area contributed by atoms with Crippen LogP contribution < -0.4 is 5.32 Å². The Kier molecular flexibility index (Phi) is 6.42. The van der Waals surface area contributed by atoms with Crippen molar-refractivity contribution in [1.82, 2.24) is 20.0 Å². The van der Waals surface area contributed by atoms with Gasteiger partial charge >= 0.3 is 0 Å². The van der Waals surface area contributed by atoms with Crippen LogP contribution in [0.5, 0.6) is 0 Å². The molecular formula is C15H27N5S. The summed E-state index contributed by atoms with van der Waals surface area (Å²) in [5.74, 6) is 2.83. The minimum Gasteiger partial charge on any atom is -0.357 e. The van der Waals surface area contributed by atoms with Crippen LogP contribution in [0.4, 0.5) is 0 Å². The second-order valence-electron chi connectivity index (χ2n) is 5.46. The van der Waals surface area contributed by atoms with E-state index in [1.165, 1.54) is 17.7 Å². The summed E-state index contributed by atoms with van der Waals surface area (Å²) in [6.07, 6.45) is 8.61. The van der Waals surface area contributed by atoms with Crippen molar-refractivity contribution in [3.63, 3.8) is 0 Å². The lowest BCUT2D eigenvalue weighted by Crippen LogP contribution is -2.40. The molecule has 6 heteroatoms. The van der Waals surface area contributed by atoms with Crippen molar-refractivity contribution < 1.29 is 0 Å². The monoisotopic (exact) mass is 309 g/mol. The normalized spacial score (nSPS) is 19.3. The zero-order valence-corrected chi connectivity index (χ0v) is 14.2. The highest BCUT2D eigenvalue weighted by atomic mass is 32.2. The number of guanidine groups is 1. The topological polar surface area (TPSA) is 45.5 Å². The maximum atomic E-state index is 4.76. The van der Waals surface area contributed by atoms with Crippen molar-refractivity contribution in [3.05, 3.63) is 18.0 Å². The van der Waals surface area contributed by atoms with Crippen LogP contribution in [-0.4, -0.2) is 58.8 Å². The summed E-state index contributed by atoms with van der Waals surface area (Å²) >= 11 is 1.89. The van der Waals surface area contributed by atoms with Gasteiger partial charge in [-0.3, -0.25) is 9.67 Å². The van der Waals surface area contributed by atoms with Crippen LogP contribution in [0.15, 0.2) is 17.4 Å². The van der Waals surface area contributed by atoms with Gasteiger partial charge in [-0.2, -0.15) is 16.9 Å². The van der Waals surface area contributed by atoms with Crippen molar-refractivity contribution in [3.8, 4) is 0 Å². The smallest absolute Gasteiger partial charge is 0.193 e. The second-order valence-corrected chi connectivity index (χ2v) is 6.45. The minimum atomic E-state index is 0.578. The summed E-state index contributed by atoms with van der Waals surface area (Å²) < 4.78 is 1.89. The molecule has 0 amide bonds. The Hall–Kier alpha value is -1.17. The fourth-order valence-electron chi connectivity index (χ4n) is 2.70. The molecule has 1 atom stereocenters. The van der Waals surface area contributed by atoms with E-state index < -0.39 is 0 Å². The number of thioether (sulfide) groups is 1. The predicted octanol–water partition coefficient (Wildman–Crippen LogP) is 1.93. The molecule has 1 aromatic rings. The Morgan fingerprint density at radius 1 is 1.57 bits per heavy atom. The zero-order valence-electron chi connectivity index (χ0n) is 13.4. The molecule has 1 N–H and O–H groups in total. The molecule has 1 fully saturated rings. The van der Waals surface area contributed by atoms with Gasteiger partial charge in [0.15, 0.2) is 5.96 Å². The van der Waals surface area contributed by atoms with Crippen molar-refractivity contribution in [2.24, 2.45) is 12.0 Å². The number of aryl methyl sites for hydroxylation is 1. The van der Waals surface area contributed by atoms with E-state index in [1.54, 1.807) is 0 Å². The third kappa shape index (κ3) is 4.66. The number of rotatable bonds is 6. The van der Waals surface area contributed by atoms with Gasteiger partial charge in [-0.1, -0.05) is 0 Å². The van der Waals surface area contributed by atoms with Crippen molar-refractivity contribution >= 4 is 17.7 Å². The summed E-state index contributed by atoms with van der Waals surface area (Å²) in [7, 11) is 1.98. The predicted molar refractivity (Wildman–Crippen MR) is 91.1 cm³/mol. The van der Waals surface area contributed by atoms with Crippen LogP contribution in [0.1, 0.15) is 31.2 Å². The summed E-state index contributed by atoms with van der Waals surface area (Å²) in [6.45, 7) is 6.09. The molecule has 0 aliphatic carbocycles. The van der Waals surface area contributed by atoms with Crippen molar-refractivity contribution in [2.75, 3.05) is 38.2 Å². The molecule has 0 spiro atoms. The fraction of sp³-hybridized carbons (Fsp3) is 0.733. The van der Waals surface area contributed by atoms with E-state index in [0.29, 0.717) is 5.92 Å². The van der Waals surface area contributed by atoms with Crippen LogP contribution >= 0.6 is 11.8 Å². The number of aromatic nitrogens is 2. The van der Waals surface area contributed by atoms with Gasteiger partial charge in [0.25, 0.3) is 0 Å². The van der Waals surface area contributed by atoms with Crippen molar-refractivity contribution in [2.45, 2.75) is 25.7 Å². The first-order valence-electron chi connectivity index (χ1n) is 7.75. The second kappa shape index (κ2) is 8.32. The molecule has 5 nitrogen and oxygen atoms in total. The van der Waals surface area contributed by atoms with Crippen molar-refractivity contribution in [1.29, 1.82) is 0 Å².